The fourth-order valence-corrected chi connectivity index (χ4v) is 4.57. The highest BCUT2D eigenvalue weighted by Crippen LogP contribution is 2.35. The standard InChI is InChI=1S/C24H20N2O4S/c1-14-9-10-20-21(15(14)2)25-24(31-20)26(13-17-7-5-11-29-17)23(27)19-12-16-6-4-8-18(28-3)22(16)30-19/h4-12H,13H2,1-3H3. The van der Waals surface area contributed by atoms with Gasteiger partial charge >= 0.3 is 0 Å². The maximum Gasteiger partial charge on any atom is 0.296 e. The first kappa shape index (κ1) is 19.4. The summed E-state index contributed by atoms with van der Waals surface area (Å²) in [6.45, 7) is 4.35. The average Bonchev–Trinajstić information content (AvgIpc) is 3.53. The number of amides is 1. The van der Waals surface area contributed by atoms with E-state index < -0.39 is 0 Å². The van der Waals surface area contributed by atoms with E-state index in [4.69, 9.17) is 18.6 Å². The Morgan fingerprint density at radius 3 is 2.81 bits per heavy atom. The topological polar surface area (TPSA) is 68.7 Å². The first-order valence-electron chi connectivity index (χ1n) is 9.82. The van der Waals surface area contributed by atoms with Crippen LogP contribution in [0.1, 0.15) is 27.4 Å². The minimum Gasteiger partial charge on any atom is -0.493 e. The van der Waals surface area contributed by atoms with Gasteiger partial charge < -0.3 is 13.6 Å². The molecule has 3 aromatic heterocycles. The Morgan fingerprint density at radius 2 is 2.03 bits per heavy atom. The number of carbonyl (C=O) groups is 1. The third-order valence-corrected chi connectivity index (χ3v) is 6.43. The van der Waals surface area contributed by atoms with Crippen molar-refractivity contribution in [3.8, 4) is 5.75 Å². The van der Waals surface area contributed by atoms with Crippen LogP contribution in [-0.2, 0) is 6.54 Å². The van der Waals surface area contributed by atoms with Gasteiger partial charge in [0.05, 0.1) is 30.1 Å². The van der Waals surface area contributed by atoms with E-state index in [1.165, 1.54) is 11.3 Å². The van der Waals surface area contributed by atoms with Gasteiger partial charge in [-0.3, -0.25) is 9.69 Å². The number of hydrogen-bond acceptors (Lipinski definition) is 6. The zero-order chi connectivity index (χ0) is 21.5. The van der Waals surface area contributed by atoms with Crippen LogP contribution in [0.15, 0.2) is 63.6 Å². The van der Waals surface area contributed by atoms with Crippen molar-refractivity contribution in [3.63, 3.8) is 0 Å². The fourth-order valence-electron chi connectivity index (χ4n) is 3.55. The average molecular weight is 433 g/mol. The van der Waals surface area contributed by atoms with Gasteiger partial charge in [0.1, 0.15) is 5.76 Å². The van der Waals surface area contributed by atoms with Gasteiger partial charge in [0.15, 0.2) is 22.2 Å². The highest BCUT2D eigenvalue weighted by atomic mass is 32.1. The molecule has 0 unspecified atom stereocenters. The molecule has 0 aliphatic rings. The third kappa shape index (κ3) is 3.37. The molecule has 0 atom stereocenters. The molecule has 0 aliphatic heterocycles. The summed E-state index contributed by atoms with van der Waals surface area (Å²) in [6.07, 6.45) is 1.59. The van der Waals surface area contributed by atoms with Crippen LogP contribution in [0.2, 0.25) is 0 Å². The Bertz CT molecular complexity index is 1400. The number of aromatic nitrogens is 1. The summed E-state index contributed by atoms with van der Waals surface area (Å²) in [5.41, 5.74) is 3.72. The quantitative estimate of drug-likeness (QED) is 0.335. The van der Waals surface area contributed by atoms with Crippen molar-refractivity contribution in [3.05, 3.63) is 77.4 Å². The van der Waals surface area contributed by atoms with Gasteiger partial charge in [-0.15, -0.1) is 0 Å². The number of benzene rings is 2. The lowest BCUT2D eigenvalue weighted by Gasteiger charge is -2.17. The first-order valence-corrected chi connectivity index (χ1v) is 10.6. The molecule has 0 radical (unpaired) electrons. The number of fused-ring (bicyclic) bond motifs is 2. The van der Waals surface area contributed by atoms with Crippen LogP contribution >= 0.6 is 11.3 Å². The molecule has 0 saturated heterocycles. The second kappa shape index (κ2) is 7.59. The van der Waals surface area contributed by atoms with Gasteiger partial charge in [0.25, 0.3) is 5.91 Å². The predicted octanol–water partition coefficient (Wildman–Crippen LogP) is 6.11. The molecule has 31 heavy (non-hydrogen) atoms. The smallest absolute Gasteiger partial charge is 0.296 e. The van der Waals surface area contributed by atoms with E-state index in [-0.39, 0.29) is 18.2 Å². The molecule has 0 N–H and O–H groups in total. The summed E-state index contributed by atoms with van der Waals surface area (Å²) in [7, 11) is 1.58. The van der Waals surface area contributed by atoms with E-state index in [0.29, 0.717) is 22.2 Å². The Balaban J connectivity index is 1.61. The third-order valence-electron chi connectivity index (χ3n) is 5.38. The number of carbonyl (C=O) groups excluding carboxylic acids is 1. The summed E-state index contributed by atoms with van der Waals surface area (Å²) in [6, 6.07) is 15.0. The maximum absolute atomic E-state index is 13.6. The number of rotatable bonds is 5. The van der Waals surface area contributed by atoms with E-state index in [0.717, 1.165) is 26.7 Å². The molecule has 3 heterocycles. The van der Waals surface area contributed by atoms with E-state index in [2.05, 4.69) is 13.0 Å². The number of aryl methyl sites for hydroxylation is 2. The molecule has 7 heteroatoms. The summed E-state index contributed by atoms with van der Waals surface area (Å²) in [4.78, 5) is 20.0. The zero-order valence-corrected chi connectivity index (χ0v) is 18.2. The molecular weight excluding hydrogens is 412 g/mol. The Morgan fingerprint density at radius 1 is 1.16 bits per heavy atom. The number of thiazole rings is 1. The van der Waals surface area contributed by atoms with Gasteiger partial charge in [-0.25, -0.2) is 4.98 Å². The number of para-hydroxylation sites is 1. The molecule has 0 aliphatic carbocycles. The highest BCUT2D eigenvalue weighted by molar-refractivity contribution is 7.22. The minimum atomic E-state index is -0.289. The molecule has 156 valence electrons. The molecule has 0 bridgehead atoms. The summed E-state index contributed by atoms with van der Waals surface area (Å²) >= 11 is 1.47. The second-order valence-corrected chi connectivity index (χ2v) is 8.32. The van der Waals surface area contributed by atoms with Crippen molar-refractivity contribution in [2.24, 2.45) is 0 Å². The van der Waals surface area contributed by atoms with E-state index >= 15 is 0 Å². The predicted molar refractivity (Wildman–Crippen MR) is 121 cm³/mol. The van der Waals surface area contributed by atoms with Crippen molar-refractivity contribution in [2.45, 2.75) is 20.4 Å². The Labute approximate surface area is 182 Å². The van der Waals surface area contributed by atoms with Crippen molar-refractivity contribution in [2.75, 3.05) is 12.0 Å². The van der Waals surface area contributed by atoms with Crippen LogP contribution in [0.25, 0.3) is 21.2 Å². The summed E-state index contributed by atoms with van der Waals surface area (Å²) in [5.74, 6) is 1.18. The van der Waals surface area contributed by atoms with Crippen LogP contribution in [0.3, 0.4) is 0 Å². The van der Waals surface area contributed by atoms with Crippen molar-refractivity contribution >= 4 is 43.6 Å². The van der Waals surface area contributed by atoms with Crippen molar-refractivity contribution < 1.29 is 18.4 Å². The van der Waals surface area contributed by atoms with Crippen LogP contribution < -0.4 is 9.64 Å². The van der Waals surface area contributed by atoms with Crippen molar-refractivity contribution in [1.29, 1.82) is 0 Å². The summed E-state index contributed by atoms with van der Waals surface area (Å²) < 4.78 is 17.8. The van der Waals surface area contributed by atoms with E-state index in [1.807, 2.05) is 31.2 Å². The van der Waals surface area contributed by atoms with Gasteiger partial charge in [-0.2, -0.15) is 0 Å². The number of hydrogen-bond donors (Lipinski definition) is 0. The SMILES string of the molecule is COc1cccc2cc(C(=O)N(Cc3ccco3)c3nc4c(C)c(C)ccc4s3)oc12. The van der Waals surface area contributed by atoms with Gasteiger partial charge in [0.2, 0.25) is 0 Å². The highest BCUT2D eigenvalue weighted by Gasteiger charge is 2.26. The Hall–Kier alpha value is -3.58. The number of ether oxygens (including phenoxy) is 1. The van der Waals surface area contributed by atoms with Gasteiger partial charge in [-0.05, 0) is 55.3 Å². The van der Waals surface area contributed by atoms with Crippen LogP contribution in [0, 0.1) is 13.8 Å². The molecule has 5 rings (SSSR count). The molecule has 0 fully saturated rings. The van der Waals surface area contributed by atoms with Crippen LogP contribution in [0.5, 0.6) is 5.75 Å². The maximum atomic E-state index is 13.6. The lowest BCUT2D eigenvalue weighted by molar-refractivity contribution is 0.0958. The molecule has 1 amide bonds. The van der Waals surface area contributed by atoms with E-state index in [1.54, 1.807) is 36.5 Å². The van der Waals surface area contributed by atoms with Crippen molar-refractivity contribution in [1.82, 2.24) is 4.98 Å². The molecular formula is C24H20N2O4S. The largest absolute Gasteiger partial charge is 0.493 e. The fraction of sp³-hybridized carbons (Fsp3) is 0.167. The normalized spacial score (nSPS) is 11.3. The number of anilines is 1. The number of furan rings is 2. The lowest BCUT2D eigenvalue weighted by atomic mass is 10.1. The molecule has 0 spiro atoms. The monoisotopic (exact) mass is 432 g/mol. The van der Waals surface area contributed by atoms with Crippen LogP contribution in [0.4, 0.5) is 5.13 Å². The van der Waals surface area contributed by atoms with Crippen LogP contribution in [-0.4, -0.2) is 18.0 Å². The Kier molecular flexibility index (Phi) is 4.75. The number of methoxy groups -OCH3 is 1. The lowest BCUT2D eigenvalue weighted by Crippen LogP contribution is -2.29. The molecule has 2 aromatic carbocycles. The van der Waals surface area contributed by atoms with Gasteiger partial charge in [0, 0.05) is 5.39 Å². The first-order chi connectivity index (χ1) is 15.0. The second-order valence-electron chi connectivity index (χ2n) is 7.31. The molecule has 6 nitrogen and oxygen atoms in total. The minimum absolute atomic E-state index is 0.221. The zero-order valence-electron chi connectivity index (χ0n) is 17.3. The molecule has 0 saturated carbocycles. The summed E-state index contributed by atoms with van der Waals surface area (Å²) in [5, 5.41) is 1.40. The van der Waals surface area contributed by atoms with E-state index in [9.17, 15) is 4.79 Å². The molecule has 5 aromatic rings. The number of nitrogens with zero attached hydrogens (tertiary/aromatic N) is 2. The van der Waals surface area contributed by atoms with Gasteiger partial charge in [-0.1, -0.05) is 29.5 Å².